The summed E-state index contributed by atoms with van der Waals surface area (Å²) >= 11 is 1.45. The maximum Gasteiger partial charge on any atom is 0.266 e. The van der Waals surface area contributed by atoms with E-state index < -0.39 is 0 Å². The average molecular weight is 383 g/mol. The van der Waals surface area contributed by atoms with Crippen LogP contribution in [0.4, 0.5) is 5.82 Å². The summed E-state index contributed by atoms with van der Waals surface area (Å²) in [6, 6.07) is 11.5. The Balaban J connectivity index is 1.49. The van der Waals surface area contributed by atoms with Gasteiger partial charge in [0.05, 0.1) is 11.1 Å². The number of benzene rings is 1. The van der Waals surface area contributed by atoms with Crippen LogP contribution in [0.1, 0.15) is 29.4 Å². The largest absolute Gasteiger partial charge is 0.486 e. The van der Waals surface area contributed by atoms with Crippen LogP contribution in [-0.4, -0.2) is 28.9 Å². The van der Waals surface area contributed by atoms with Gasteiger partial charge in [-0.2, -0.15) is 5.10 Å². The number of carbonyl (C=O) groups excluding carboxylic acids is 1. The van der Waals surface area contributed by atoms with E-state index in [0.29, 0.717) is 18.1 Å². The number of nitrogens with zero attached hydrogens (tertiary/aromatic N) is 2. The van der Waals surface area contributed by atoms with Gasteiger partial charge in [-0.3, -0.25) is 4.79 Å². The molecule has 1 amide bonds. The highest BCUT2D eigenvalue weighted by molar-refractivity contribution is 7.17. The molecule has 0 fully saturated rings. The van der Waals surface area contributed by atoms with Crippen LogP contribution in [0.15, 0.2) is 42.6 Å². The molecule has 0 radical (unpaired) electrons. The van der Waals surface area contributed by atoms with Gasteiger partial charge < -0.3 is 14.8 Å². The summed E-state index contributed by atoms with van der Waals surface area (Å²) in [7, 11) is 0. The highest BCUT2D eigenvalue weighted by atomic mass is 32.1. The first-order valence-electron chi connectivity index (χ1n) is 9.07. The molecule has 1 aromatic carbocycles. The average Bonchev–Trinajstić information content (AvgIpc) is 3.35. The minimum atomic E-state index is -0.123. The van der Waals surface area contributed by atoms with Gasteiger partial charge in [-0.05, 0) is 42.3 Å². The molecule has 1 aliphatic rings. The van der Waals surface area contributed by atoms with Crippen LogP contribution in [0.25, 0.3) is 10.4 Å². The van der Waals surface area contributed by atoms with E-state index in [9.17, 15) is 4.79 Å². The van der Waals surface area contributed by atoms with Crippen molar-refractivity contribution in [2.75, 3.05) is 18.5 Å². The van der Waals surface area contributed by atoms with Crippen LogP contribution >= 0.6 is 11.3 Å². The van der Waals surface area contributed by atoms with Crippen molar-refractivity contribution in [3.63, 3.8) is 0 Å². The molecule has 2 aromatic heterocycles. The third-order valence-corrected chi connectivity index (χ3v) is 5.47. The van der Waals surface area contributed by atoms with Crippen molar-refractivity contribution in [2.45, 2.75) is 26.3 Å². The van der Waals surface area contributed by atoms with Crippen LogP contribution in [0, 0.1) is 0 Å². The molecule has 1 aliphatic heterocycles. The lowest BCUT2D eigenvalue weighted by Crippen LogP contribution is -2.15. The predicted molar refractivity (Wildman–Crippen MR) is 106 cm³/mol. The Kier molecular flexibility index (Phi) is 5.11. The van der Waals surface area contributed by atoms with Crippen molar-refractivity contribution >= 4 is 23.1 Å². The molecule has 0 bridgehead atoms. The molecule has 0 atom stereocenters. The molecule has 0 aliphatic carbocycles. The van der Waals surface area contributed by atoms with Gasteiger partial charge in [0, 0.05) is 17.5 Å². The van der Waals surface area contributed by atoms with E-state index in [4.69, 9.17) is 9.47 Å². The molecule has 3 heterocycles. The van der Waals surface area contributed by atoms with E-state index in [-0.39, 0.29) is 5.91 Å². The fourth-order valence-electron chi connectivity index (χ4n) is 2.91. The van der Waals surface area contributed by atoms with Crippen LogP contribution in [0.3, 0.4) is 0 Å². The first-order valence-corrected chi connectivity index (χ1v) is 9.89. The molecule has 0 saturated heterocycles. The molecule has 140 valence electrons. The normalized spacial score (nSPS) is 12.8. The van der Waals surface area contributed by atoms with E-state index >= 15 is 0 Å². The lowest BCUT2D eigenvalue weighted by molar-refractivity contribution is 0.102. The number of hydrogen-bond donors (Lipinski definition) is 1. The number of nitrogens with one attached hydrogen (secondary N) is 1. The SMILES string of the molecule is CCCCn1nccc1NC(=O)c1ccc(-c2ccc3c(c2)OCCO3)s1. The molecule has 0 spiro atoms. The number of hydrogen-bond acceptors (Lipinski definition) is 5. The number of rotatable bonds is 6. The second kappa shape index (κ2) is 7.84. The Labute approximate surface area is 161 Å². The standard InChI is InChI=1S/C20H21N3O3S/c1-2-3-10-23-19(8-9-21-23)22-20(24)18-7-6-17(27-18)14-4-5-15-16(13-14)26-12-11-25-15/h4-9,13H,2-3,10-12H2,1H3,(H,22,24). The van der Waals surface area contributed by atoms with E-state index in [2.05, 4.69) is 17.3 Å². The van der Waals surface area contributed by atoms with Gasteiger partial charge in [0.15, 0.2) is 11.5 Å². The molecular formula is C20H21N3O3S. The van der Waals surface area contributed by atoms with Gasteiger partial charge in [0.25, 0.3) is 5.91 Å². The molecule has 27 heavy (non-hydrogen) atoms. The molecular weight excluding hydrogens is 362 g/mol. The molecule has 3 aromatic rings. The van der Waals surface area contributed by atoms with E-state index in [0.717, 1.165) is 47.1 Å². The smallest absolute Gasteiger partial charge is 0.266 e. The zero-order valence-corrected chi connectivity index (χ0v) is 15.9. The molecule has 4 rings (SSSR count). The Morgan fingerprint density at radius 3 is 2.89 bits per heavy atom. The van der Waals surface area contributed by atoms with Crippen molar-refractivity contribution in [1.29, 1.82) is 0 Å². The monoisotopic (exact) mass is 383 g/mol. The van der Waals surface area contributed by atoms with E-state index in [1.807, 2.05) is 41.1 Å². The molecule has 6 nitrogen and oxygen atoms in total. The minimum Gasteiger partial charge on any atom is -0.486 e. The fraction of sp³-hybridized carbons (Fsp3) is 0.300. The number of fused-ring (bicyclic) bond motifs is 1. The van der Waals surface area contributed by atoms with Crippen molar-refractivity contribution in [1.82, 2.24) is 9.78 Å². The first-order chi connectivity index (χ1) is 13.2. The summed E-state index contributed by atoms with van der Waals surface area (Å²) in [6.45, 7) is 4.06. The topological polar surface area (TPSA) is 65.4 Å². The van der Waals surface area contributed by atoms with Gasteiger partial charge in [-0.15, -0.1) is 11.3 Å². The van der Waals surface area contributed by atoms with Crippen LogP contribution in [0.2, 0.25) is 0 Å². The Hall–Kier alpha value is -2.80. The Bertz CT molecular complexity index is 948. The summed E-state index contributed by atoms with van der Waals surface area (Å²) in [6.07, 6.45) is 3.81. The third kappa shape index (κ3) is 3.83. The fourth-order valence-corrected chi connectivity index (χ4v) is 3.81. The quantitative estimate of drug-likeness (QED) is 0.684. The van der Waals surface area contributed by atoms with Gasteiger partial charge >= 0.3 is 0 Å². The number of carbonyl (C=O) groups is 1. The zero-order chi connectivity index (χ0) is 18.6. The van der Waals surface area contributed by atoms with Crippen LogP contribution < -0.4 is 14.8 Å². The molecule has 0 saturated carbocycles. The Morgan fingerprint density at radius 2 is 2.04 bits per heavy atom. The van der Waals surface area contributed by atoms with Gasteiger partial charge in [-0.25, -0.2) is 4.68 Å². The number of ether oxygens (including phenoxy) is 2. The highest BCUT2D eigenvalue weighted by Gasteiger charge is 2.16. The number of unbranched alkanes of at least 4 members (excludes halogenated alkanes) is 1. The van der Waals surface area contributed by atoms with E-state index in [1.54, 1.807) is 6.20 Å². The zero-order valence-electron chi connectivity index (χ0n) is 15.1. The van der Waals surface area contributed by atoms with Crippen molar-refractivity contribution in [3.8, 4) is 21.9 Å². The van der Waals surface area contributed by atoms with Crippen LogP contribution in [-0.2, 0) is 6.54 Å². The lowest BCUT2D eigenvalue weighted by atomic mass is 10.1. The maximum atomic E-state index is 12.6. The lowest BCUT2D eigenvalue weighted by Gasteiger charge is -2.18. The van der Waals surface area contributed by atoms with Crippen molar-refractivity contribution < 1.29 is 14.3 Å². The molecule has 1 N–H and O–H groups in total. The number of aromatic nitrogens is 2. The molecule has 7 heteroatoms. The number of anilines is 1. The first kappa shape index (κ1) is 17.6. The van der Waals surface area contributed by atoms with E-state index in [1.165, 1.54) is 11.3 Å². The maximum absolute atomic E-state index is 12.6. The van der Waals surface area contributed by atoms with Gasteiger partial charge in [-0.1, -0.05) is 13.3 Å². The second-order valence-electron chi connectivity index (χ2n) is 6.27. The molecule has 0 unspecified atom stereocenters. The summed E-state index contributed by atoms with van der Waals surface area (Å²) in [4.78, 5) is 14.3. The predicted octanol–water partition coefficient (Wildman–Crippen LogP) is 4.44. The highest BCUT2D eigenvalue weighted by Crippen LogP contribution is 2.37. The number of amides is 1. The minimum absolute atomic E-state index is 0.123. The number of aryl methyl sites for hydroxylation is 1. The second-order valence-corrected chi connectivity index (χ2v) is 7.35. The van der Waals surface area contributed by atoms with Crippen molar-refractivity contribution in [3.05, 3.63) is 47.5 Å². The number of thiophene rings is 1. The summed E-state index contributed by atoms with van der Waals surface area (Å²) in [5.74, 6) is 2.11. The summed E-state index contributed by atoms with van der Waals surface area (Å²) in [5, 5.41) is 7.23. The third-order valence-electron chi connectivity index (χ3n) is 4.34. The summed E-state index contributed by atoms with van der Waals surface area (Å²) in [5.41, 5.74) is 1.01. The van der Waals surface area contributed by atoms with Gasteiger partial charge in [0.1, 0.15) is 19.0 Å². The Morgan fingerprint density at radius 1 is 1.19 bits per heavy atom. The van der Waals surface area contributed by atoms with Gasteiger partial charge in [0.2, 0.25) is 0 Å². The van der Waals surface area contributed by atoms with Crippen molar-refractivity contribution in [2.24, 2.45) is 0 Å². The van der Waals surface area contributed by atoms with Crippen LogP contribution in [0.5, 0.6) is 11.5 Å². The summed E-state index contributed by atoms with van der Waals surface area (Å²) < 4.78 is 13.0.